The summed E-state index contributed by atoms with van der Waals surface area (Å²) in [5.41, 5.74) is 8.14. The molecule has 0 aliphatic carbocycles. The number of hydrogen-bond acceptors (Lipinski definition) is 1. The lowest BCUT2D eigenvalue weighted by Gasteiger charge is -2.33. The zero-order valence-corrected chi connectivity index (χ0v) is 12.8. The van der Waals surface area contributed by atoms with E-state index in [1.807, 2.05) is 0 Å². The van der Waals surface area contributed by atoms with Gasteiger partial charge < -0.3 is 4.90 Å². The zero-order valence-electron chi connectivity index (χ0n) is 12.8. The molecular weight excluding hydrogens is 266 g/mol. The van der Waals surface area contributed by atoms with Crippen LogP contribution in [0.5, 0.6) is 0 Å². The van der Waals surface area contributed by atoms with Crippen LogP contribution in [-0.4, -0.2) is 0 Å². The Morgan fingerprint density at radius 2 is 1.27 bits per heavy atom. The molecule has 22 heavy (non-hydrogen) atoms. The van der Waals surface area contributed by atoms with Gasteiger partial charge in [0.1, 0.15) is 0 Å². The first-order valence-electron chi connectivity index (χ1n) is 7.80. The average Bonchev–Trinajstić information content (AvgIpc) is 2.56. The summed E-state index contributed by atoms with van der Waals surface area (Å²) in [5.74, 6) is 0. The van der Waals surface area contributed by atoms with Gasteiger partial charge in [-0.05, 0) is 35.7 Å². The van der Waals surface area contributed by atoms with Gasteiger partial charge in [-0.25, -0.2) is 0 Å². The average molecular weight is 285 g/mol. The Morgan fingerprint density at radius 1 is 0.727 bits per heavy atom. The van der Waals surface area contributed by atoms with E-state index in [-0.39, 0.29) is 0 Å². The Bertz CT molecular complexity index is 757. The second-order valence-electron chi connectivity index (χ2n) is 6.01. The largest absolute Gasteiger partial charge is 0.337 e. The van der Waals surface area contributed by atoms with E-state index in [2.05, 4.69) is 84.6 Å². The van der Waals surface area contributed by atoms with E-state index in [0.717, 1.165) is 13.0 Å². The van der Waals surface area contributed by atoms with Crippen LogP contribution in [0.2, 0.25) is 0 Å². The molecule has 108 valence electrons. The van der Waals surface area contributed by atoms with Crippen LogP contribution in [0.25, 0.3) is 0 Å². The molecule has 0 amide bonds. The van der Waals surface area contributed by atoms with Crippen LogP contribution in [0.3, 0.4) is 0 Å². The summed E-state index contributed by atoms with van der Waals surface area (Å²) >= 11 is 0. The van der Waals surface area contributed by atoms with Gasteiger partial charge in [-0.3, -0.25) is 0 Å². The predicted molar refractivity (Wildman–Crippen MR) is 92.7 cm³/mol. The third kappa shape index (κ3) is 2.29. The molecule has 0 bridgehead atoms. The molecule has 0 aromatic heterocycles. The monoisotopic (exact) mass is 285 g/mol. The highest BCUT2D eigenvalue weighted by Gasteiger charge is 2.21. The smallest absolute Gasteiger partial charge is 0.0481 e. The molecular formula is C21H19N. The van der Waals surface area contributed by atoms with E-state index in [4.69, 9.17) is 0 Å². The molecule has 0 spiro atoms. The predicted octanol–water partition coefficient (Wildman–Crippen LogP) is 5.24. The maximum absolute atomic E-state index is 2.44. The topological polar surface area (TPSA) is 3.24 Å². The van der Waals surface area contributed by atoms with E-state index in [9.17, 15) is 0 Å². The van der Waals surface area contributed by atoms with Gasteiger partial charge in [0, 0.05) is 24.3 Å². The van der Waals surface area contributed by atoms with Crippen molar-refractivity contribution in [2.75, 3.05) is 4.90 Å². The van der Waals surface area contributed by atoms with Crippen molar-refractivity contribution in [3.8, 4) is 0 Å². The molecule has 0 atom stereocenters. The van der Waals surface area contributed by atoms with Crippen molar-refractivity contribution in [3.05, 3.63) is 95.1 Å². The second kappa shape index (κ2) is 5.34. The standard InChI is InChI=1S/C21H19N/c1-16-10-12-17(13-11-16)15-22-20-8-4-2-6-18(20)14-19-7-3-5-9-21(19)22/h2-13H,14-15H2,1H3. The molecule has 1 aliphatic rings. The van der Waals surface area contributed by atoms with Crippen LogP contribution >= 0.6 is 0 Å². The van der Waals surface area contributed by atoms with E-state index in [0.29, 0.717) is 0 Å². The third-order valence-corrected chi connectivity index (χ3v) is 4.41. The van der Waals surface area contributed by atoms with Gasteiger partial charge in [0.05, 0.1) is 0 Å². The van der Waals surface area contributed by atoms with Crippen molar-refractivity contribution in [2.24, 2.45) is 0 Å². The summed E-state index contributed by atoms with van der Waals surface area (Å²) in [4.78, 5) is 2.44. The molecule has 0 saturated heterocycles. The Kier molecular flexibility index (Phi) is 3.19. The molecule has 0 unspecified atom stereocenters. The fourth-order valence-electron chi connectivity index (χ4n) is 3.23. The molecule has 3 aromatic rings. The zero-order chi connectivity index (χ0) is 14.9. The second-order valence-corrected chi connectivity index (χ2v) is 6.01. The first kappa shape index (κ1) is 13.1. The highest BCUT2D eigenvalue weighted by atomic mass is 15.1. The minimum Gasteiger partial charge on any atom is -0.337 e. The molecule has 1 heteroatoms. The molecule has 0 fully saturated rings. The maximum Gasteiger partial charge on any atom is 0.0481 e. The van der Waals surface area contributed by atoms with Gasteiger partial charge in [0.25, 0.3) is 0 Å². The molecule has 3 aromatic carbocycles. The number of aryl methyl sites for hydroxylation is 1. The minimum atomic E-state index is 0.911. The lowest BCUT2D eigenvalue weighted by atomic mass is 9.95. The summed E-state index contributed by atoms with van der Waals surface area (Å²) in [6.45, 7) is 3.05. The van der Waals surface area contributed by atoms with Gasteiger partial charge >= 0.3 is 0 Å². The number of anilines is 2. The van der Waals surface area contributed by atoms with Crippen molar-refractivity contribution < 1.29 is 0 Å². The lowest BCUT2D eigenvalue weighted by Crippen LogP contribution is -2.22. The summed E-state index contributed by atoms with van der Waals surface area (Å²) < 4.78 is 0. The number of rotatable bonds is 2. The summed E-state index contributed by atoms with van der Waals surface area (Å²) in [6.07, 6.45) is 1.02. The Hall–Kier alpha value is -2.54. The molecule has 0 saturated carbocycles. The van der Waals surface area contributed by atoms with Crippen LogP contribution in [0, 0.1) is 6.92 Å². The number of nitrogens with zero attached hydrogens (tertiary/aromatic N) is 1. The summed E-state index contributed by atoms with van der Waals surface area (Å²) in [7, 11) is 0. The van der Waals surface area contributed by atoms with Gasteiger partial charge in [-0.1, -0.05) is 66.2 Å². The molecule has 0 radical (unpaired) electrons. The maximum atomic E-state index is 2.44. The van der Waals surface area contributed by atoms with Crippen LogP contribution < -0.4 is 4.90 Å². The van der Waals surface area contributed by atoms with Crippen LogP contribution in [0.1, 0.15) is 22.3 Å². The first-order valence-corrected chi connectivity index (χ1v) is 7.80. The Balaban J connectivity index is 1.79. The third-order valence-electron chi connectivity index (χ3n) is 4.41. The van der Waals surface area contributed by atoms with E-state index >= 15 is 0 Å². The van der Waals surface area contributed by atoms with Crippen molar-refractivity contribution in [1.82, 2.24) is 0 Å². The van der Waals surface area contributed by atoms with E-state index < -0.39 is 0 Å². The van der Waals surface area contributed by atoms with Gasteiger partial charge in [-0.15, -0.1) is 0 Å². The van der Waals surface area contributed by atoms with Crippen molar-refractivity contribution >= 4 is 11.4 Å². The van der Waals surface area contributed by atoms with Crippen LogP contribution in [-0.2, 0) is 13.0 Å². The van der Waals surface area contributed by atoms with Crippen molar-refractivity contribution in [1.29, 1.82) is 0 Å². The van der Waals surface area contributed by atoms with Crippen LogP contribution in [0.4, 0.5) is 11.4 Å². The molecule has 1 aliphatic heterocycles. The molecule has 4 rings (SSSR count). The summed E-state index contributed by atoms with van der Waals surface area (Å²) in [6, 6.07) is 26.3. The Morgan fingerprint density at radius 3 is 1.86 bits per heavy atom. The normalized spacial score (nSPS) is 12.7. The SMILES string of the molecule is Cc1ccc(CN2c3ccccc3Cc3ccccc32)cc1. The number of hydrogen-bond donors (Lipinski definition) is 0. The fraction of sp³-hybridized carbons (Fsp3) is 0.143. The van der Waals surface area contributed by atoms with Crippen molar-refractivity contribution in [3.63, 3.8) is 0 Å². The summed E-state index contributed by atoms with van der Waals surface area (Å²) in [5, 5.41) is 0. The van der Waals surface area contributed by atoms with Gasteiger partial charge in [0.15, 0.2) is 0 Å². The number of para-hydroxylation sites is 2. The number of fused-ring (bicyclic) bond motifs is 2. The highest BCUT2D eigenvalue weighted by Crippen LogP contribution is 2.39. The fourth-order valence-corrected chi connectivity index (χ4v) is 3.23. The van der Waals surface area contributed by atoms with Crippen LogP contribution in [0.15, 0.2) is 72.8 Å². The molecule has 0 N–H and O–H groups in total. The number of benzene rings is 3. The van der Waals surface area contributed by atoms with E-state index in [1.165, 1.54) is 33.6 Å². The van der Waals surface area contributed by atoms with Gasteiger partial charge in [-0.2, -0.15) is 0 Å². The quantitative estimate of drug-likeness (QED) is 0.622. The first-order chi connectivity index (χ1) is 10.8. The molecule has 1 heterocycles. The van der Waals surface area contributed by atoms with Gasteiger partial charge in [0.2, 0.25) is 0 Å². The Labute approximate surface area is 131 Å². The minimum absolute atomic E-state index is 0.911. The lowest BCUT2D eigenvalue weighted by molar-refractivity contribution is 0.925. The van der Waals surface area contributed by atoms with E-state index in [1.54, 1.807) is 0 Å². The molecule has 1 nitrogen and oxygen atoms in total. The highest BCUT2D eigenvalue weighted by molar-refractivity contribution is 5.74. The van der Waals surface area contributed by atoms with Crippen molar-refractivity contribution in [2.45, 2.75) is 19.9 Å².